The van der Waals surface area contributed by atoms with Crippen molar-refractivity contribution in [3.05, 3.63) is 30.1 Å². The van der Waals surface area contributed by atoms with Gasteiger partial charge in [-0.1, -0.05) is 6.07 Å². The first-order valence-electron chi connectivity index (χ1n) is 5.21. The number of nitrogens with zero attached hydrogens (tertiary/aromatic N) is 3. The van der Waals surface area contributed by atoms with Crippen molar-refractivity contribution in [3.8, 4) is 11.8 Å². The molecule has 0 saturated heterocycles. The maximum absolute atomic E-state index is 13.0. The van der Waals surface area contributed by atoms with Crippen LogP contribution < -0.4 is 10.5 Å². The zero-order valence-corrected chi connectivity index (χ0v) is 9.59. The minimum absolute atomic E-state index is 0.0587. The molecule has 1 aromatic heterocycles. The van der Waals surface area contributed by atoms with E-state index in [2.05, 4.69) is 10.1 Å². The van der Waals surface area contributed by atoms with Crippen LogP contribution in [0.2, 0.25) is 0 Å². The molecule has 0 aliphatic heterocycles. The fraction of sp³-hybridized carbons (Fsp3) is 0.273. The summed E-state index contributed by atoms with van der Waals surface area (Å²) in [6.07, 6.45) is 0. The molecular formula is C11H13FN4O. The molecule has 0 radical (unpaired) electrons. The van der Waals surface area contributed by atoms with E-state index >= 15 is 0 Å². The summed E-state index contributed by atoms with van der Waals surface area (Å²) in [6.45, 7) is 3.85. The average Bonchev–Trinajstić information content (AvgIpc) is 2.59. The summed E-state index contributed by atoms with van der Waals surface area (Å²) in [4.78, 5) is 3.94. The molecule has 1 heterocycles. The van der Waals surface area contributed by atoms with Crippen LogP contribution in [0, 0.1) is 5.82 Å². The second-order valence-corrected chi connectivity index (χ2v) is 3.85. The van der Waals surface area contributed by atoms with Crippen molar-refractivity contribution >= 4 is 5.95 Å². The SMILES string of the molecule is CC(C)n1nc(N)nc1Oc1cccc(F)c1. The molecule has 0 bridgehead atoms. The standard InChI is InChI=1S/C11H13FN4O/c1-7(2)16-11(14-10(13)15-16)17-9-5-3-4-8(12)6-9/h3-7H,1-2H3,(H2,13,15). The maximum atomic E-state index is 13.0. The molecule has 90 valence electrons. The van der Waals surface area contributed by atoms with Crippen molar-refractivity contribution in [3.63, 3.8) is 0 Å². The molecule has 17 heavy (non-hydrogen) atoms. The second kappa shape index (κ2) is 4.40. The minimum Gasteiger partial charge on any atom is -0.424 e. The lowest BCUT2D eigenvalue weighted by molar-refractivity contribution is 0.375. The predicted octanol–water partition coefficient (Wildman–Crippen LogP) is 2.37. The van der Waals surface area contributed by atoms with Gasteiger partial charge in [0.1, 0.15) is 11.6 Å². The lowest BCUT2D eigenvalue weighted by Gasteiger charge is -2.09. The highest BCUT2D eigenvalue weighted by molar-refractivity contribution is 5.27. The molecule has 1 aromatic carbocycles. The van der Waals surface area contributed by atoms with E-state index in [1.165, 1.54) is 12.1 Å². The van der Waals surface area contributed by atoms with Gasteiger partial charge in [0, 0.05) is 6.07 Å². The van der Waals surface area contributed by atoms with Crippen molar-refractivity contribution < 1.29 is 9.13 Å². The summed E-state index contributed by atoms with van der Waals surface area (Å²) in [6, 6.07) is 6.12. The zero-order chi connectivity index (χ0) is 12.4. The van der Waals surface area contributed by atoms with E-state index in [1.54, 1.807) is 16.8 Å². The second-order valence-electron chi connectivity index (χ2n) is 3.85. The van der Waals surface area contributed by atoms with Crippen molar-refractivity contribution in [1.82, 2.24) is 14.8 Å². The van der Waals surface area contributed by atoms with Crippen molar-refractivity contribution in [2.24, 2.45) is 0 Å². The number of rotatable bonds is 3. The Hall–Kier alpha value is -2.11. The third-order valence-electron chi connectivity index (χ3n) is 2.11. The number of ether oxygens (including phenoxy) is 1. The number of benzene rings is 1. The van der Waals surface area contributed by atoms with Crippen LogP contribution in [0.15, 0.2) is 24.3 Å². The van der Waals surface area contributed by atoms with E-state index in [9.17, 15) is 4.39 Å². The summed E-state index contributed by atoms with van der Waals surface area (Å²) < 4.78 is 20.0. The number of halogens is 1. The molecule has 2 rings (SSSR count). The Morgan fingerprint density at radius 3 is 2.82 bits per heavy atom. The van der Waals surface area contributed by atoms with Gasteiger partial charge in [0.2, 0.25) is 5.95 Å². The molecule has 2 aromatic rings. The van der Waals surface area contributed by atoms with Gasteiger partial charge in [0.25, 0.3) is 0 Å². The Morgan fingerprint density at radius 1 is 1.41 bits per heavy atom. The molecular weight excluding hydrogens is 223 g/mol. The molecule has 5 nitrogen and oxygen atoms in total. The minimum atomic E-state index is -0.369. The van der Waals surface area contributed by atoms with Gasteiger partial charge in [0.15, 0.2) is 0 Å². The van der Waals surface area contributed by atoms with E-state index in [4.69, 9.17) is 10.5 Å². The summed E-state index contributed by atoms with van der Waals surface area (Å²) in [5, 5.41) is 3.99. The number of nitrogen functional groups attached to an aromatic ring is 1. The van der Waals surface area contributed by atoms with Gasteiger partial charge >= 0.3 is 6.01 Å². The van der Waals surface area contributed by atoms with Crippen LogP contribution >= 0.6 is 0 Å². The highest BCUT2D eigenvalue weighted by Crippen LogP contribution is 2.23. The number of nitrogens with two attached hydrogens (primary N) is 1. The molecule has 2 N–H and O–H groups in total. The van der Waals surface area contributed by atoms with Gasteiger partial charge < -0.3 is 10.5 Å². The molecule has 0 atom stereocenters. The van der Waals surface area contributed by atoms with E-state index in [0.717, 1.165) is 0 Å². The molecule has 0 aliphatic rings. The Kier molecular flexibility index (Phi) is 2.95. The molecule has 0 spiro atoms. The van der Waals surface area contributed by atoms with Gasteiger partial charge in [-0.3, -0.25) is 0 Å². The lowest BCUT2D eigenvalue weighted by Crippen LogP contribution is -2.05. The fourth-order valence-electron chi connectivity index (χ4n) is 1.37. The van der Waals surface area contributed by atoms with Crippen LogP contribution in [-0.2, 0) is 0 Å². The van der Waals surface area contributed by atoms with Crippen LogP contribution in [0.4, 0.5) is 10.3 Å². The summed E-state index contributed by atoms with van der Waals surface area (Å²) in [5.41, 5.74) is 5.50. The Balaban J connectivity index is 2.29. The quantitative estimate of drug-likeness (QED) is 0.888. The predicted molar refractivity (Wildman–Crippen MR) is 61.3 cm³/mol. The molecule has 0 unspecified atom stereocenters. The zero-order valence-electron chi connectivity index (χ0n) is 9.59. The van der Waals surface area contributed by atoms with Crippen molar-refractivity contribution in [2.45, 2.75) is 19.9 Å². The summed E-state index contributed by atoms with van der Waals surface area (Å²) >= 11 is 0. The summed E-state index contributed by atoms with van der Waals surface area (Å²) in [7, 11) is 0. The Labute approximate surface area is 98.0 Å². The average molecular weight is 236 g/mol. The molecule has 0 fully saturated rings. The first-order chi connectivity index (χ1) is 8.06. The number of aromatic nitrogens is 3. The van der Waals surface area contributed by atoms with Crippen LogP contribution in [0.25, 0.3) is 0 Å². The van der Waals surface area contributed by atoms with Gasteiger partial charge in [-0.15, -0.1) is 5.10 Å². The van der Waals surface area contributed by atoms with Crippen molar-refractivity contribution in [2.75, 3.05) is 5.73 Å². The van der Waals surface area contributed by atoms with E-state index in [1.807, 2.05) is 13.8 Å². The van der Waals surface area contributed by atoms with Crippen LogP contribution in [-0.4, -0.2) is 14.8 Å². The Bertz CT molecular complexity index is 524. The topological polar surface area (TPSA) is 66.0 Å². The molecule has 0 saturated carbocycles. The fourth-order valence-corrected chi connectivity index (χ4v) is 1.37. The molecule has 0 amide bonds. The van der Waals surface area contributed by atoms with E-state index in [0.29, 0.717) is 5.75 Å². The normalized spacial score (nSPS) is 10.8. The van der Waals surface area contributed by atoms with E-state index in [-0.39, 0.29) is 23.8 Å². The highest BCUT2D eigenvalue weighted by atomic mass is 19.1. The lowest BCUT2D eigenvalue weighted by atomic mass is 10.3. The first kappa shape index (κ1) is 11.4. The number of anilines is 1. The summed E-state index contributed by atoms with van der Waals surface area (Å²) in [5.74, 6) is 0.121. The van der Waals surface area contributed by atoms with Gasteiger partial charge in [-0.25, -0.2) is 9.07 Å². The third-order valence-corrected chi connectivity index (χ3v) is 2.11. The molecule has 6 heteroatoms. The number of hydrogen-bond acceptors (Lipinski definition) is 4. The molecule has 0 aliphatic carbocycles. The van der Waals surface area contributed by atoms with Crippen LogP contribution in [0.5, 0.6) is 11.8 Å². The monoisotopic (exact) mass is 236 g/mol. The third kappa shape index (κ3) is 2.52. The smallest absolute Gasteiger partial charge is 0.322 e. The van der Waals surface area contributed by atoms with Gasteiger partial charge in [-0.05, 0) is 26.0 Å². The van der Waals surface area contributed by atoms with Crippen LogP contribution in [0.1, 0.15) is 19.9 Å². The van der Waals surface area contributed by atoms with E-state index < -0.39 is 0 Å². The highest BCUT2D eigenvalue weighted by Gasteiger charge is 2.13. The Morgan fingerprint density at radius 2 is 2.18 bits per heavy atom. The van der Waals surface area contributed by atoms with Crippen LogP contribution in [0.3, 0.4) is 0 Å². The van der Waals surface area contributed by atoms with Gasteiger partial charge in [0.05, 0.1) is 6.04 Å². The maximum Gasteiger partial charge on any atom is 0.322 e. The van der Waals surface area contributed by atoms with Crippen molar-refractivity contribution in [1.29, 1.82) is 0 Å². The largest absolute Gasteiger partial charge is 0.424 e. The number of hydrogen-bond donors (Lipinski definition) is 1. The first-order valence-corrected chi connectivity index (χ1v) is 5.21. The van der Waals surface area contributed by atoms with Gasteiger partial charge in [-0.2, -0.15) is 4.98 Å².